The lowest BCUT2D eigenvalue weighted by Crippen LogP contribution is -2.32. The van der Waals surface area contributed by atoms with Crippen LogP contribution in [-0.2, 0) is 9.59 Å². The van der Waals surface area contributed by atoms with Crippen LogP contribution in [0.2, 0.25) is 0 Å². The average Bonchev–Trinajstić information content (AvgIpc) is 2.51. The van der Waals surface area contributed by atoms with Gasteiger partial charge in [0.1, 0.15) is 0 Å². The summed E-state index contributed by atoms with van der Waals surface area (Å²) in [6.45, 7) is 4.01. The minimum Gasteiger partial charge on any atom is -0.289 e. The van der Waals surface area contributed by atoms with Gasteiger partial charge in [-0.05, 0) is 5.92 Å². The third-order valence-electron chi connectivity index (χ3n) is 3.24. The van der Waals surface area contributed by atoms with Gasteiger partial charge in [0.05, 0.1) is 0 Å². The van der Waals surface area contributed by atoms with E-state index in [0.29, 0.717) is 5.57 Å². The largest absolute Gasteiger partial charge is 0.289 e. The summed E-state index contributed by atoms with van der Waals surface area (Å²) in [6, 6.07) is 0. The number of hydrogen-bond acceptors (Lipinski definition) is 2. The molecule has 3 nitrogen and oxygen atoms in total. The van der Waals surface area contributed by atoms with E-state index in [1.165, 1.54) is 6.08 Å². The van der Waals surface area contributed by atoms with Gasteiger partial charge in [-0.3, -0.25) is 14.9 Å². The number of carbonyl (C=O) groups is 2. The van der Waals surface area contributed by atoms with E-state index in [1.807, 2.05) is 38.2 Å². The average molecular weight is 203 g/mol. The highest BCUT2D eigenvalue weighted by Gasteiger charge is 2.39. The maximum absolute atomic E-state index is 11.6. The van der Waals surface area contributed by atoms with E-state index in [9.17, 15) is 9.59 Å². The summed E-state index contributed by atoms with van der Waals surface area (Å²) >= 11 is 0. The van der Waals surface area contributed by atoms with Gasteiger partial charge in [-0.1, -0.05) is 38.2 Å². The van der Waals surface area contributed by atoms with E-state index in [-0.39, 0.29) is 23.1 Å². The first-order valence-corrected chi connectivity index (χ1v) is 4.97. The molecule has 2 rings (SSSR count). The molecule has 2 unspecified atom stereocenters. The van der Waals surface area contributed by atoms with Gasteiger partial charge in [0, 0.05) is 17.1 Å². The van der Waals surface area contributed by atoms with E-state index in [0.717, 1.165) is 0 Å². The SMILES string of the molecule is CC1C=CC=CC1(C)C1=CC(=O)NC1=O. The van der Waals surface area contributed by atoms with Gasteiger partial charge in [0.2, 0.25) is 0 Å². The lowest BCUT2D eigenvalue weighted by atomic mass is 9.70. The molecule has 0 aromatic rings. The van der Waals surface area contributed by atoms with E-state index < -0.39 is 0 Å². The molecule has 2 amide bonds. The molecule has 0 saturated heterocycles. The zero-order valence-electron chi connectivity index (χ0n) is 8.78. The van der Waals surface area contributed by atoms with Crippen LogP contribution in [0.4, 0.5) is 0 Å². The molecule has 15 heavy (non-hydrogen) atoms. The van der Waals surface area contributed by atoms with Crippen molar-refractivity contribution in [2.75, 3.05) is 0 Å². The molecule has 2 aliphatic rings. The summed E-state index contributed by atoms with van der Waals surface area (Å²) < 4.78 is 0. The van der Waals surface area contributed by atoms with Crippen LogP contribution < -0.4 is 5.32 Å². The van der Waals surface area contributed by atoms with Crippen LogP contribution in [0.1, 0.15) is 13.8 Å². The quantitative estimate of drug-likeness (QED) is 0.654. The van der Waals surface area contributed by atoms with Gasteiger partial charge in [-0.25, -0.2) is 0 Å². The Morgan fingerprint density at radius 1 is 1.33 bits per heavy atom. The smallest absolute Gasteiger partial charge is 0.255 e. The predicted molar refractivity (Wildman–Crippen MR) is 56.8 cm³/mol. The summed E-state index contributed by atoms with van der Waals surface area (Å²) in [5, 5.41) is 2.28. The first kappa shape index (κ1) is 9.90. The second-order valence-corrected chi connectivity index (χ2v) is 4.19. The molecule has 0 aromatic heterocycles. The summed E-state index contributed by atoms with van der Waals surface area (Å²) in [5.74, 6) is -0.369. The zero-order chi connectivity index (χ0) is 11.1. The normalized spacial score (nSPS) is 34.3. The Balaban J connectivity index is 2.42. The van der Waals surface area contributed by atoms with E-state index in [2.05, 4.69) is 5.32 Å². The maximum atomic E-state index is 11.6. The fourth-order valence-corrected chi connectivity index (χ4v) is 1.99. The molecule has 3 heteroatoms. The minimum atomic E-state index is -0.370. The molecule has 1 aliphatic heterocycles. The van der Waals surface area contributed by atoms with E-state index in [4.69, 9.17) is 0 Å². The number of allylic oxidation sites excluding steroid dienone is 4. The van der Waals surface area contributed by atoms with Crippen LogP contribution in [0.25, 0.3) is 0 Å². The van der Waals surface area contributed by atoms with Crippen molar-refractivity contribution >= 4 is 11.8 Å². The van der Waals surface area contributed by atoms with Gasteiger partial charge in [0.15, 0.2) is 0 Å². The van der Waals surface area contributed by atoms with Gasteiger partial charge >= 0.3 is 0 Å². The highest BCUT2D eigenvalue weighted by molar-refractivity contribution is 6.17. The number of amides is 2. The van der Waals surface area contributed by atoms with Crippen LogP contribution in [0.15, 0.2) is 36.0 Å². The highest BCUT2D eigenvalue weighted by Crippen LogP contribution is 2.40. The lowest BCUT2D eigenvalue weighted by molar-refractivity contribution is -0.124. The molecule has 0 bridgehead atoms. The molecule has 1 heterocycles. The molecule has 78 valence electrons. The van der Waals surface area contributed by atoms with Crippen molar-refractivity contribution in [3.63, 3.8) is 0 Å². The second kappa shape index (κ2) is 3.19. The maximum Gasteiger partial charge on any atom is 0.255 e. The fraction of sp³-hybridized carbons (Fsp3) is 0.333. The van der Waals surface area contributed by atoms with Gasteiger partial charge < -0.3 is 0 Å². The van der Waals surface area contributed by atoms with E-state index in [1.54, 1.807) is 0 Å². The molecular formula is C12H13NO2. The van der Waals surface area contributed by atoms with Gasteiger partial charge in [-0.15, -0.1) is 0 Å². The summed E-state index contributed by atoms with van der Waals surface area (Å²) in [6.07, 6.45) is 9.29. The molecule has 0 spiro atoms. The van der Waals surface area contributed by atoms with Crippen molar-refractivity contribution in [3.8, 4) is 0 Å². The van der Waals surface area contributed by atoms with Crippen LogP contribution in [0.5, 0.6) is 0 Å². The molecule has 1 aliphatic carbocycles. The fourth-order valence-electron chi connectivity index (χ4n) is 1.99. The Hall–Kier alpha value is -1.64. The molecule has 0 fully saturated rings. The summed E-state index contributed by atoms with van der Waals surface area (Å²) in [5.41, 5.74) is 0.186. The Bertz CT molecular complexity index is 417. The van der Waals surface area contributed by atoms with Gasteiger partial charge in [-0.2, -0.15) is 0 Å². The van der Waals surface area contributed by atoms with Crippen LogP contribution >= 0.6 is 0 Å². The third kappa shape index (κ3) is 1.44. The van der Waals surface area contributed by atoms with Crippen LogP contribution in [0.3, 0.4) is 0 Å². The first-order valence-electron chi connectivity index (χ1n) is 4.97. The summed E-state index contributed by atoms with van der Waals surface area (Å²) in [7, 11) is 0. The Morgan fingerprint density at radius 3 is 2.60 bits per heavy atom. The van der Waals surface area contributed by atoms with Crippen molar-refractivity contribution in [3.05, 3.63) is 36.0 Å². The van der Waals surface area contributed by atoms with Crippen molar-refractivity contribution in [2.45, 2.75) is 13.8 Å². The van der Waals surface area contributed by atoms with Gasteiger partial charge in [0.25, 0.3) is 11.8 Å². The molecule has 2 atom stereocenters. The molecule has 1 N–H and O–H groups in total. The van der Waals surface area contributed by atoms with Crippen molar-refractivity contribution in [1.82, 2.24) is 5.32 Å². The number of imide groups is 1. The molecule has 0 radical (unpaired) electrons. The monoisotopic (exact) mass is 203 g/mol. The second-order valence-electron chi connectivity index (χ2n) is 4.19. The number of hydrogen-bond donors (Lipinski definition) is 1. The zero-order valence-corrected chi connectivity index (χ0v) is 8.78. The van der Waals surface area contributed by atoms with Crippen LogP contribution in [0, 0.1) is 11.3 Å². The Morgan fingerprint density at radius 2 is 2.07 bits per heavy atom. The third-order valence-corrected chi connectivity index (χ3v) is 3.24. The lowest BCUT2D eigenvalue weighted by Gasteiger charge is -2.33. The van der Waals surface area contributed by atoms with Crippen molar-refractivity contribution < 1.29 is 9.59 Å². The van der Waals surface area contributed by atoms with E-state index >= 15 is 0 Å². The number of nitrogens with one attached hydrogen (secondary N) is 1. The topological polar surface area (TPSA) is 46.2 Å². The standard InChI is InChI=1S/C12H13NO2/c1-8-5-3-4-6-12(8,2)9-7-10(14)13-11(9)15/h3-8H,1-2H3,(H,13,14,15). The first-order chi connectivity index (χ1) is 7.04. The van der Waals surface area contributed by atoms with Crippen molar-refractivity contribution in [1.29, 1.82) is 0 Å². The number of rotatable bonds is 1. The molecule has 0 aromatic carbocycles. The molecule has 0 saturated carbocycles. The predicted octanol–water partition coefficient (Wildman–Crippen LogP) is 1.34. The molecular weight excluding hydrogens is 190 g/mol. The van der Waals surface area contributed by atoms with Crippen molar-refractivity contribution in [2.24, 2.45) is 11.3 Å². The van der Waals surface area contributed by atoms with Crippen LogP contribution in [-0.4, -0.2) is 11.8 Å². The Labute approximate surface area is 88.5 Å². The number of carbonyl (C=O) groups excluding carboxylic acids is 2. The minimum absolute atomic E-state index is 0.213. The summed E-state index contributed by atoms with van der Waals surface area (Å²) in [4.78, 5) is 22.7. The highest BCUT2D eigenvalue weighted by atomic mass is 16.2. The Kier molecular flexibility index (Phi) is 2.11.